The van der Waals surface area contributed by atoms with E-state index in [9.17, 15) is 13.9 Å². The topological polar surface area (TPSA) is 20.2 Å². The second kappa shape index (κ2) is 5.08. The Bertz CT molecular complexity index is 623. The van der Waals surface area contributed by atoms with Gasteiger partial charge in [0.05, 0.1) is 0 Å². The number of aliphatic hydroxyl groups is 1. The van der Waals surface area contributed by atoms with Gasteiger partial charge in [0.1, 0.15) is 5.60 Å². The smallest absolute Gasteiger partial charge is 0.165 e. The molecule has 0 spiro atoms. The molecule has 0 aliphatic rings. The Morgan fingerprint density at radius 2 is 1.74 bits per heavy atom. The van der Waals surface area contributed by atoms with E-state index in [1.165, 1.54) is 31.2 Å². The summed E-state index contributed by atoms with van der Waals surface area (Å²) in [6, 6.07) is 8.06. The molecule has 5 heteroatoms. The van der Waals surface area contributed by atoms with Crippen LogP contribution < -0.4 is 0 Å². The Balaban J connectivity index is 2.65. The van der Waals surface area contributed by atoms with Crippen LogP contribution in [0.5, 0.6) is 0 Å². The van der Waals surface area contributed by atoms with Crippen LogP contribution in [-0.4, -0.2) is 5.11 Å². The van der Waals surface area contributed by atoms with Gasteiger partial charge >= 0.3 is 0 Å². The Morgan fingerprint density at radius 3 is 2.42 bits per heavy atom. The zero-order valence-electron chi connectivity index (χ0n) is 9.92. The van der Waals surface area contributed by atoms with E-state index in [-0.39, 0.29) is 16.1 Å². The minimum absolute atomic E-state index is 0.198. The van der Waals surface area contributed by atoms with E-state index in [0.29, 0.717) is 5.02 Å². The van der Waals surface area contributed by atoms with Crippen molar-refractivity contribution >= 4 is 23.2 Å². The minimum atomic E-state index is -1.78. The third kappa shape index (κ3) is 2.59. The van der Waals surface area contributed by atoms with Crippen LogP contribution in [-0.2, 0) is 5.60 Å². The zero-order valence-corrected chi connectivity index (χ0v) is 11.4. The van der Waals surface area contributed by atoms with Crippen molar-refractivity contribution in [3.05, 3.63) is 69.2 Å². The van der Waals surface area contributed by atoms with Gasteiger partial charge in [-0.2, -0.15) is 0 Å². The van der Waals surface area contributed by atoms with Gasteiger partial charge in [-0.05, 0) is 31.2 Å². The predicted molar refractivity (Wildman–Crippen MR) is 71.5 cm³/mol. The lowest BCUT2D eigenvalue weighted by molar-refractivity contribution is 0.0971. The molecule has 0 aromatic heterocycles. The predicted octanol–water partition coefficient (Wildman–Crippen LogP) is 4.53. The molecule has 0 fully saturated rings. The van der Waals surface area contributed by atoms with Crippen molar-refractivity contribution in [3.63, 3.8) is 0 Å². The maximum Gasteiger partial charge on any atom is 0.165 e. The molecule has 0 aliphatic heterocycles. The largest absolute Gasteiger partial charge is 0.381 e. The van der Waals surface area contributed by atoms with Gasteiger partial charge < -0.3 is 5.11 Å². The van der Waals surface area contributed by atoms with Crippen LogP contribution in [0.4, 0.5) is 8.78 Å². The Kier molecular flexibility index (Phi) is 3.81. The fraction of sp³-hybridized carbons (Fsp3) is 0.143. The first kappa shape index (κ1) is 14.3. The zero-order chi connectivity index (χ0) is 14.2. The lowest BCUT2D eigenvalue weighted by Crippen LogP contribution is -2.25. The number of hydrogen-bond donors (Lipinski definition) is 1. The Morgan fingerprint density at radius 1 is 1.05 bits per heavy atom. The summed E-state index contributed by atoms with van der Waals surface area (Å²) in [6.45, 7) is 1.34. The van der Waals surface area contributed by atoms with E-state index in [0.717, 1.165) is 6.07 Å². The fourth-order valence-electron chi connectivity index (χ4n) is 1.90. The molecule has 1 nitrogen and oxygen atoms in total. The van der Waals surface area contributed by atoms with Crippen molar-refractivity contribution < 1.29 is 13.9 Å². The van der Waals surface area contributed by atoms with Crippen molar-refractivity contribution in [1.29, 1.82) is 0 Å². The second-order valence-electron chi connectivity index (χ2n) is 4.30. The Hall–Kier alpha value is -1.16. The van der Waals surface area contributed by atoms with Gasteiger partial charge in [-0.25, -0.2) is 8.78 Å². The van der Waals surface area contributed by atoms with Crippen molar-refractivity contribution in [1.82, 2.24) is 0 Å². The second-order valence-corrected chi connectivity index (χ2v) is 5.14. The highest BCUT2D eigenvalue weighted by Gasteiger charge is 2.32. The normalized spacial score (nSPS) is 14.2. The van der Waals surface area contributed by atoms with Gasteiger partial charge in [0.25, 0.3) is 0 Å². The molecule has 0 heterocycles. The monoisotopic (exact) mass is 302 g/mol. The standard InChI is InChI=1S/C14H10Cl2F2O/c1-14(19,9-3-2-4-12(17)13(9)18)10-7-8(15)5-6-11(10)16/h2-7,19H,1H3. The number of benzene rings is 2. The molecular weight excluding hydrogens is 293 g/mol. The van der Waals surface area contributed by atoms with Gasteiger partial charge in [-0.3, -0.25) is 0 Å². The van der Waals surface area contributed by atoms with Crippen LogP contribution in [0.25, 0.3) is 0 Å². The average Bonchev–Trinajstić information content (AvgIpc) is 2.35. The van der Waals surface area contributed by atoms with Crippen molar-refractivity contribution in [3.8, 4) is 0 Å². The third-order valence-corrected chi connectivity index (χ3v) is 3.49. The summed E-state index contributed by atoms with van der Waals surface area (Å²) in [7, 11) is 0. The molecule has 0 aliphatic carbocycles. The molecule has 2 aromatic carbocycles. The highest BCUT2D eigenvalue weighted by Crippen LogP contribution is 2.37. The van der Waals surface area contributed by atoms with Gasteiger partial charge in [-0.15, -0.1) is 0 Å². The first-order chi connectivity index (χ1) is 8.84. The van der Waals surface area contributed by atoms with E-state index in [4.69, 9.17) is 23.2 Å². The summed E-state index contributed by atoms with van der Waals surface area (Å²) in [5.41, 5.74) is -1.77. The van der Waals surface area contributed by atoms with Crippen LogP contribution in [0.1, 0.15) is 18.1 Å². The van der Waals surface area contributed by atoms with Crippen molar-refractivity contribution in [2.75, 3.05) is 0 Å². The van der Waals surface area contributed by atoms with Gasteiger partial charge in [0.2, 0.25) is 0 Å². The first-order valence-electron chi connectivity index (χ1n) is 5.46. The Labute approximate surface area is 119 Å². The van der Waals surface area contributed by atoms with E-state index >= 15 is 0 Å². The highest BCUT2D eigenvalue weighted by atomic mass is 35.5. The summed E-state index contributed by atoms with van der Waals surface area (Å²) in [4.78, 5) is 0. The molecule has 100 valence electrons. The molecule has 2 rings (SSSR count). The molecule has 0 bridgehead atoms. The van der Waals surface area contributed by atoms with E-state index in [2.05, 4.69) is 0 Å². The van der Waals surface area contributed by atoms with Crippen LogP contribution in [0.2, 0.25) is 10.0 Å². The molecule has 0 radical (unpaired) electrons. The molecule has 2 aromatic rings. The number of halogens is 4. The lowest BCUT2D eigenvalue weighted by Gasteiger charge is -2.26. The summed E-state index contributed by atoms with van der Waals surface area (Å²) in [6.07, 6.45) is 0. The molecule has 0 saturated heterocycles. The van der Waals surface area contributed by atoms with Gasteiger partial charge in [0, 0.05) is 21.2 Å². The lowest BCUT2D eigenvalue weighted by atomic mass is 9.87. The van der Waals surface area contributed by atoms with E-state index < -0.39 is 17.2 Å². The fourth-order valence-corrected chi connectivity index (χ4v) is 2.37. The quantitative estimate of drug-likeness (QED) is 0.864. The first-order valence-corrected chi connectivity index (χ1v) is 6.22. The summed E-state index contributed by atoms with van der Waals surface area (Å²) < 4.78 is 27.1. The summed E-state index contributed by atoms with van der Waals surface area (Å²) in [5, 5.41) is 11.1. The molecule has 1 atom stereocenters. The van der Waals surface area contributed by atoms with Gasteiger partial charge in [-0.1, -0.05) is 35.3 Å². The van der Waals surface area contributed by atoms with Crippen molar-refractivity contribution in [2.24, 2.45) is 0 Å². The van der Waals surface area contributed by atoms with E-state index in [1.807, 2.05) is 0 Å². The van der Waals surface area contributed by atoms with Crippen LogP contribution in [0, 0.1) is 11.6 Å². The summed E-state index contributed by atoms with van der Waals surface area (Å²) in [5.74, 6) is -2.14. The minimum Gasteiger partial charge on any atom is -0.381 e. The molecule has 0 saturated carbocycles. The molecule has 19 heavy (non-hydrogen) atoms. The maximum atomic E-state index is 13.8. The SMILES string of the molecule is CC(O)(c1cc(Cl)ccc1Cl)c1cccc(F)c1F. The molecule has 1 N–H and O–H groups in total. The average molecular weight is 303 g/mol. The van der Waals surface area contributed by atoms with Crippen LogP contribution in [0.15, 0.2) is 36.4 Å². The molecular formula is C14H10Cl2F2O. The highest BCUT2D eigenvalue weighted by molar-refractivity contribution is 6.33. The number of rotatable bonds is 2. The van der Waals surface area contributed by atoms with Crippen LogP contribution in [0.3, 0.4) is 0 Å². The third-order valence-electron chi connectivity index (χ3n) is 2.93. The summed E-state index contributed by atoms with van der Waals surface area (Å²) >= 11 is 11.8. The molecule has 0 amide bonds. The number of hydrogen-bond acceptors (Lipinski definition) is 1. The maximum absolute atomic E-state index is 13.8. The van der Waals surface area contributed by atoms with E-state index in [1.54, 1.807) is 6.07 Å². The van der Waals surface area contributed by atoms with Crippen molar-refractivity contribution in [2.45, 2.75) is 12.5 Å². The van der Waals surface area contributed by atoms with Gasteiger partial charge in [0.15, 0.2) is 11.6 Å². The molecule has 1 unspecified atom stereocenters. The van der Waals surface area contributed by atoms with Crippen LogP contribution >= 0.6 is 23.2 Å².